The van der Waals surface area contributed by atoms with Crippen LogP contribution in [0, 0.1) is 0 Å². The van der Waals surface area contributed by atoms with E-state index in [1.165, 1.54) is 0 Å². The van der Waals surface area contributed by atoms with Crippen molar-refractivity contribution < 1.29 is 4.79 Å². The predicted molar refractivity (Wildman–Crippen MR) is 89.6 cm³/mol. The lowest BCUT2D eigenvalue weighted by atomic mass is 10.0. The number of rotatable bonds is 4. The van der Waals surface area contributed by atoms with Gasteiger partial charge < -0.3 is 5.73 Å². The second-order valence-corrected chi connectivity index (χ2v) is 5.86. The lowest BCUT2D eigenvalue weighted by Crippen LogP contribution is -2.01. The number of nitrogens with zero attached hydrogens (tertiary/aromatic N) is 1. The number of ketones is 1. The quantitative estimate of drug-likeness (QED) is 0.700. The third kappa shape index (κ3) is 2.93. The molecule has 0 unspecified atom stereocenters. The first kappa shape index (κ1) is 14.9. The molecular weight excluding hydrogens is 321 g/mol. The summed E-state index contributed by atoms with van der Waals surface area (Å²) in [5.41, 5.74) is 8.18. The van der Waals surface area contributed by atoms with E-state index in [0.717, 1.165) is 16.5 Å². The van der Waals surface area contributed by atoms with Crippen LogP contribution < -0.4 is 5.73 Å². The van der Waals surface area contributed by atoms with Crippen LogP contribution in [0.25, 0.3) is 10.9 Å². The maximum Gasteiger partial charge on any atom is 0.163 e. The number of nitrogens with two attached hydrogens (primary N) is 1. The fourth-order valence-electron chi connectivity index (χ4n) is 2.31. The normalized spacial score (nSPS) is 11.0. The summed E-state index contributed by atoms with van der Waals surface area (Å²) in [5, 5.41) is 8.51. The van der Waals surface area contributed by atoms with Crippen LogP contribution in [0.2, 0.25) is 10.0 Å². The van der Waals surface area contributed by atoms with Crippen LogP contribution in [0.1, 0.15) is 22.3 Å². The Balaban J connectivity index is 1.75. The van der Waals surface area contributed by atoms with Crippen molar-refractivity contribution in [1.29, 1.82) is 0 Å². The van der Waals surface area contributed by atoms with Crippen LogP contribution in [-0.4, -0.2) is 16.0 Å². The molecule has 0 bridgehead atoms. The van der Waals surface area contributed by atoms with E-state index in [2.05, 4.69) is 10.2 Å². The Kier molecular flexibility index (Phi) is 4.05. The molecule has 112 valence electrons. The number of aromatic amines is 1. The summed E-state index contributed by atoms with van der Waals surface area (Å²) in [4.78, 5) is 12.3. The SMILES string of the molecule is Nc1n[nH]c2ccc(C(=O)CCc3ccc(Cl)c(Cl)c3)cc12. The number of hydrogen-bond acceptors (Lipinski definition) is 3. The Hall–Kier alpha value is -2.04. The number of carbonyl (C=O) groups is 1. The highest BCUT2D eigenvalue weighted by Gasteiger charge is 2.10. The molecule has 0 saturated carbocycles. The molecule has 1 heterocycles. The zero-order valence-corrected chi connectivity index (χ0v) is 13.1. The van der Waals surface area contributed by atoms with Gasteiger partial charge in [0.05, 0.1) is 15.6 Å². The number of hydrogen-bond donors (Lipinski definition) is 2. The van der Waals surface area contributed by atoms with Crippen molar-refractivity contribution in [3.63, 3.8) is 0 Å². The lowest BCUT2D eigenvalue weighted by Gasteiger charge is -2.04. The standard InChI is InChI=1S/C16H13Cl2N3O/c17-12-4-1-9(7-13(12)18)2-6-15(22)10-3-5-14-11(8-10)16(19)21-20-14/h1,3-5,7-8H,2,6H2,(H3,19,20,21). The molecular formula is C16H13Cl2N3O. The van der Waals surface area contributed by atoms with E-state index in [4.69, 9.17) is 28.9 Å². The number of Topliss-reactive ketones (excluding diaryl/α,β-unsaturated/α-hetero) is 1. The molecule has 2 aromatic carbocycles. The molecule has 3 rings (SSSR count). The number of fused-ring (bicyclic) bond motifs is 1. The zero-order chi connectivity index (χ0) is 15.7. The smallest absolute Gasteiger partial charge is 0.163 e. The Morgan fingerprint density at radius 2 is 1.95 bits per heavy atom. The summed E-state index contributed by atoms with van der Waals surface area (Å²) >= 11 is 11.9. The van der Waals surface area contributed by atoms with Crippen LogP contribution in [0.15, 0.2) is 36.4 Å². The van der Waals surface area contributed by atoms with E-state index in [0.29, 0.717) is 34.3 Å². The number of aromatic nitrogens is 2. The number of nitrogens with one attached hydrogen (secondary N) is 1. The Morgan fingerprint density at radius 1 is 1.14 bits per heavy atom. The first-order chi connectivity index (χ1) is 10.5. The van der Waals surface area contributed by atoms with Gasteiger partial charge in [0, 0.05) is 17.4 Å². The number of nitrogen functional groups attached to an aromatic ring is 1. The number of halogens is 2. The van der Waals surface area contributed by atoms with Crippen molar-refractivity contribution in [2.24, 2.45) is 0 Å². The number of benzene rings is 2. The van der Waals surface area contributed by atoms with Crippen molar-refractivity contribution >= 4 is 45.7 Å². The minimum atomic E-state index is 0.0496. The highest BCUT2D eigenvalue weighted by atomic mass is 35.5. The molecule has 1 aromatic heterocycles. The van der Waals surface area contributed by atoms with Gasteiger partial charge in [-0.15, -0.1) is 0 Å². The van der Waals surface area contributed by atoms with E-state index < -0.39 is 0 Å². The molecule has 0 radical (unpaired) electrons. The number of carbonyl (C=O) groups excluding carboxylic acids is 1. The predicted octanol–water partition coefficient (Wildman–Crippen LogP) is 4.27. The van der Waals surface area contributed by atoms with Crippen LogP contribution in [0.5, 0.6) is 0 Å². The highest BCUT2D eigenvalue weighted by Crippen LogP contribution is 2.24. The molecule has 3 N–H and O–H groups in total. The Morgan fingerprint density at radius 3 is 2.73 bits per heavy atom. The topological polar surface area (TPSA) is 71.8 Å². The minimum Gasteiger partial charge on any atom is -0.382 e. The van der Waals surface area contributed by atoms with E-state index in [9.17, 15) is 4.79 Å². The van der Waals surface area contributed by atoms with Gasteiger partial charge in [0.25, 0.3) is 0 Å². The second-order valence-electron chi connectivity index (χ2n) is 5.04. The summed E-state index contributed by atoms with van der Waals surface area (Å²) < 4.78 is 0. The molecule has 0 spiro atoms. The van der Waals surface area contributed by atoms with Gasteiger partial charge in [-0.3, -0.25) is 9.89 Å². The largest absolute Gasteiger partial charge is 0.382 e. The molecule has 0 fully saturated rings. The van der Waals surface area contributed by atoms with Crippen molar-refractivity contribution in [2.75, 3.05) is 5.73 Å². The van der Waals surface area contributed by atoms with Crippen molar-refractivity contribution in [1.82, 2.24) is 10.2 Å². The molecule has 4 nitrogen and oxygen atoms in total. The minimum absolute atomic E-state index is 0.0496. The van der Waals surface area contributed by atoms with Gasteiger partial charge in [-0.2, -0.15) is 5.10 Å². The van der Waals surface area contributed by atoms with Crippen LogP contribution in [-0.2, 0) is 6.42 Å². The first-order valence-corrected chi connectivity index (χ1v) is 7.51. The van der Waals surface area contributed by atoms with Gasteiger partial charge in [0.1, 0.15) is 0 Å². The van der Waals surface area contributed by atoms with Crippen LogP contribution in [0.3, 0.4) is 0 Å². The molecule has 0 atom stereocenters. The average molecular weight is 334 g/mol. The second kappa shape index (κ2) is 5.99. The highest BCUT2D eigenvalue weighted by molar-refractivity contribution is 6.42. The molecule has 0 amide bonds. The summed E-state index contributed by atoms with van der Waals surface area (Å²) in [6.07, 6.45) is 0.996. The molecule has 0 saturated heterocycles. The van der Waals surface area contributed by atoms with Crippen molar-refractivity contribution in [3.05, 3.63) is 57.6 Å². The molecule has 22 heavy (non-hydrogen) atoms. The molecule has 6 heteroatoms. The maximum absolute atomic E-state index is 12.3. The first-order valence-electron chi connectivity index (χ1n) is 6.75. The number of anilines is 1. The summed E-state index contributed by atoms with van der Waals surface area (Å²) in [6.45, 7) is 0. The zero-order valence-electron chi connectivity index (χ0n) is 11.6. The Labute approximate surface area is 137 Å². The van der Waals surface area contributed by atoms with Gasteiger partial charge in [0.2, 0.25) is 0 Å². The third-order valence-electron chi connectivity index (χ3n) is 3.54. The van der Waals surface area contributed by atoms with Crippen molar-refractivity contribution in [3.8, 4) is 0 Å². The summed E-state index contributed by atoms with van der Waals surface area (Å²) in [6, 6.07) is 10.8. The van der Waals surface area contributed by atoms with E-state index in [1.54, 1.807) is 24.3 Å². The van der Waals surface area contributed by atoms with Crippen LogP contribution >= 0.6 is 23.2 Å². The molecule has 3 aromatic rings. The maximum atomic E-state index is 12.3. The van der Waals surface area contributed by atoms with Crippen molar-refractivity contribution in [2.45, 2.75) is 12.8 Å². The van der Waals surface area contributed by atoms with E-state index >= 15 is 0 Å². The fourth-order valence-corrected chi connectivity index (χ4v) is 2.63. The van der Waals surface area contributed by atoms with Gasteiger partial charge in [-0.05, 0) is 42.3 Å². The fraction of sp³-hybridized carbons (Fsp3) is 0.125. The summed E-state index contributed by atoms with van der Waals surface area (Å²) in [5.74, 6) is 0.447. The van der Waals surface area contributed by atoms with Crippen LogP contribution in [0.4, 0.5) is 5.82 Å². The van der Waals surface area contributed by atoms with Gasteiger partial charge in [-0.25, -0.2) is 0 Å². The summed E-state index contributed by atoms with van der Waals surface area (Å²) in [7, 11) is 0. The monoisotopic (exact) mass is 333 g/mol. The van der Waals surface area contributed by atoms with E-state index in [-0.39, 0.29) is 5.78 Å². The molecule has 0 aliphatic carbocycles. The average Bonchev–Trinajstić information content (AvgIpc) is 2.89. The number of aryl methyl sites for hydroxylation is 1. The van der Waals surface area contributed by atoms with E-state index in [1.807, 2.05) is 12.1 Å². The number of H-pyrrole nitrogens is 1. The van der Waals surface area contributed by atoms with Gasteiger partial charge in [-0.1, -0.05) is 29.3 Å². The molecule has 0 aliphatic heterocycles. The van der Waals surface area contributed by atoms with Gasteiger partial charge in [0.15, 0.2) is 11.6 Å². The lowest BCUT2D eigenvalue weighted by molar-refractivity contribution is 0.0983. The Bertz CT molecular complexity index is 858. The van der Waals surface area contributed by atoms with Gasteiger partial charge >= 0.3 is 0 Å². The third-order valence-corrected chi connectivity index (χ3v) is 4.28. The molecule has 0 aliphatic rings.